The summed E-state index contributed by atoms with van der Waals surface area (Å²) in [6.07, 6.45) is 20.0. The maximum Gasteiger partial charge on any atom is 0.336 e. The Labute approximate surface area is 281 Å². The number of ether oxygens (including phenoxy) is 4. The third-order valence-corrected chi connectivity index (χ3v) is 8.55. The van der Waals surface area contributed by atoms with E-state index in [0.29, 0.717) is 38.5 Å². The summed E-state index contributed by atoms with van der Waals surface area (Å²) in [4.78, 5) is 56.1. The molecule has 8 nitrogen and oxygen atoms in total. The third kappa shape index (κ3) is 18.3. The number of esters is 4. The summed E-state index contributed by atoms with van der Waals surface area (Å²) in [6.45, 7) is 10.8. The summed E-state index contributed by atoms with van der Waals surface area (Å²) >= 11 is 0. The Morgan fingerprint density at radius 3 is 0.978 bits per heavy atom. The van der Waals surface area contributed by atoms with Crippen molar-refractivity contribution in [2.24, 2.45) is 11.3 Å². The van der Waals surface area contributed by atoms with Crippen molar-refractivity contribution in [1.82, 2.24) is 0 Å². The molecule has 1 atom stereocenters. The highest BCUT2D eigenvalue weighted by Crippen LogP contribution is 2.38. The van der Waals surface area contributed by atoms with Crippen LogP contribution in [0.4, 0.5) is 0 Å². The Balaban J connectivity index is 6.33. The van der Waals surface area contributed by atoms with Gasteiger partial charge in [-0.25, -0.2) is 0 Å². The maximum absolute atomic E-state index is 14.1. The SMILES string of the molecule is CCCCCCCOC(=O)C(CCCC)C(C(=O)OCCCCCCC)(C(=O)OCCCCCCC)C(=O)OCCCCCCC. The van der Waals surface area contributed by atoms with E-state index in [1.807, 2.05) is 6.92 Å². The Morgan fingerprint density at radius 2 is 0.674 bits per heavy atom. The van der Waals surface area contributed by atoms with Gasteiger partial charge in [-0.3, -0.25) is 19.2 Å². The van der Waals surface area contributed by atoms with Gasteiger partial charge in [-0.05, 0) is 32.1 Å². The molecule has 0 fully saturated rings. The molecule has 0 aliphatic heterocycles. The highest BCUT2D eigenvalue weighted by Gasteiger charge is 2.65. The Bertz CT molecular complexity index is 711. The van der Waals surface area contributed by atoms with Gasteiger partial charge in [0, 0.05) is 0 Å². The fourth-order valence-corrected chi connectivity index (χ4v) is 5.53. The van der Waals surface area contributed by atoms with Gasteiger partial charge >= 0.3 is 23.9 Å². The van der Waals surface area contributed by atoms with Crippen LogP contribution in [0.15, 0.2) is 0 Å². The van der Waals surface area contributed by atoms with Crippen LogP contribution in [-0.4, -0.2) is 50.3 Å². The van der Waals surface area contributed by atoms with Crippen molar-refractivity contribution < 1.29 is 38.1 Å². The number of carbonyl (C=O) groups excluding carboxylic acids is 4. The first-order valence-corrected chi connectivity index (χ1v) is 19.1. The predicted octanol–water partition coefficient (Wildman–Crippen LogP) is 9.83. The van der Waals surface area contributed by atoms with Crippen LogP contribution in [-0.2, 0) is 38.1 Å². The molecule has 8 heteroatoms. The van der Waals surface area contributed by atoms with Crippen LogP contribution in [0.3, 0.4) is 0 Å². The van der Waals surface area contributed by atoms with Gasteiger partial charge in [0.15, 0.2) is 0 Å². The van der Waals surface area contributed by atoms with Crippen LogP contribution in [0.25, 0.3) is 0 Å². The van der Waals surface area contributed by atoms with E-state index in [9.17, 15) is 19.2 Å². The van der Waals surface area contributed by atoms with Crippen LogP contribution >= 0.6 is 0 Å². The molecule has 0 spiro atoms. The van der Waals surface area contributed by atoms with E-state index in [4.69, 9.17) is 18.9 Å². The standard InChI is InChI=1S/C38H70O8/c1-6-11-16-20-24-29-43-34(39)33(28-15-10-5)38(35(40)44-30-25-21-17-12-7-2,36(41)45-31-26-22-18-13-8-3)37(42)46-32-27-23-19-14-9-4/h33H,6-32H2,1-5H3. The van der Waals surface area contributed by atoms with Crippen LogP contribution in [0.5, 0.6) is 0 Å². The van der Waals surface area contributed by atoms with E-state index in [-0.39, 0.29) is 32.8 Å². The number of unbranched alkanes of at least 4 members (excludes halogenated alkanes) is 17. The molecule has 0 aliphatic carbocycles. The first-order chi connectivity index (χ1) is 22.4. The van der Waals surface area contributed by atoms with E-state index in [1.54, 1.807) is 0 Å². The molecular weight excluding hydrogens is 584 g/mol. The molecule has 270 valence electrons. The summed E-state index contributed by atoms with van der Waals surface area (Å²) in [5.41, 5.74) is -2.56. The van der Waals surface area contributed by atoms with Gasteiger partial charge in [-0.2, -0.15) is 0 Å². The quantitative estimate of drug-likeness (QED) is 0.0305. The summed E-state index contributed by atoms with van der Waals surface area (Å²) < 4.78 is 22.7. The molecule has 0 saturated carbocycles. The minimum atomic E-state index is -2.56. The van der Waals surface area contributed by atoms with Crippen molar-refractivity contribution in [3.05, 3.63) is 0 Å². The summed E-state index contributed by atoms with van der Waals surface area (Å²) in [6, 6.07) is 0. The molecule has 0 saturated heterocycles. The molecule has 0 rings (SSSR count). The largest absolute Gasteiger partial charge is 0.465 e. The van der Waals surface area contributed by atoms with E-state index in [1.165, 1.54) is 0 Å². The molecule has 0 amide bonds. The minimum absolute atomic E-state index is 0.0475. The van der Waals surface area contributed by atoms with Crippen LogP contribution in [0.2, 0.25) is 0 Å². The summed E-state index contributed by atoms with van der Waals surface area (Å²) in [5, 5.41) is 0. The third-order valence-electron chi connectivity index (χ3n) is 8.55. The van der Waals surface area contributed by atoms with Crippen molar-refractivity contribution in [1.29, 1.82) is 0 Å². The van der Waals surface area contributed by atoms with Gasteiger partial charge in [-0.1, -0.05) is 150 Å². The second kappa shape index (κ2) is 30.2. The van der Waals surface area contributed by atoms with Gasteiger partial charge in [0.2, 0.25) is 0 Å². The van der Waals surface area contributed by atoms with Gasteiger partial charge in [0.25, 0.3) is 5.41 Å². The van der Waals surface area contributed by atoms with Crippen LogP contribution < -0.4 is 0 Å². The molecule has 0 radical (unpaired) electrons. The van der Waals surface area contributed by atoms with Gasteiger partial charge in [0.1, 0.15) is 0 Å². The average Bonchev–Trinajstić information content (AvgIpc) is 3.05. The summed E-state index contributed by atoms with van der Waals surface area (Å²) in [5.74, 6) is -5.32. The van der Waals surface area contributed by atoms with Crippen LogP contribution in [0.1, 0.15) is 182 Å². The highest BCUT2D eigenvalue weighted by atomic mass is 16.6. The zero-order valence-corrected chi connectivity index (χ0v) is 30.4. The van der Waals surface area contributed by atoms with Crippen molar-refractivity contribution in [3.63, 3.8) is 0 Å². The number of rotatable bonds is 32. The second-order valence-corrected chi connectivity index (χ2v) is 12.7. The number of hydrogen-bond acceptors (Lipinski definition) is 8. The molecule has 46 heavy (non-hydrogen) atoms. The topological polar surface area (TPSA) is 105 Å². The lowest BCUT2D eigenvalue weighted by Gasteiger charge is -2.33. The molecule has 0 aromatic rings. The molecule has 0 heterocycles. The highest BCUT2D eigenvalue weighted by molar-refractivity contribution is 6.20. The minimum Gasteiger partial charge on any atom is -0.465 e. The molecular formula is C38H70O8. The van der Waals surface area contributed by atoms with Gasteiger partial charge in [0.05, 0.1) is 32.3 Å². The van der Waals surface area contributed by atoms with Crippen LogP contribution in [0, 0.1) is 11.3 Å². The van der Waals surface area contributed by atoms with E-state index >= 15 is 0 Å². The normalized spacial score (nSPS) is 12.0. The van der Waals surface area contributed by atoms with Gasteiger partial charge < -0.3 is 18.9 Å². The monoisotopic (exact) mass is 655 g/mol. The van der Waals surface area contributed by atoms with Crippen molar-refractivity contribution >= 4 is 23.9 Å². The fraction of sp³-hybridized carbons (Fsp3) is 0.895. The summed E-state index contributed by atoms with van der Waals surface area (Å²) in [7, 11) is 0. The fourth-order valence-electron chi connectivity index (χ4n) is 5.53. The average molecular weight is 655 g/mol. The predicted molar refractivity (Wildman–Crippen MR) is 184 cm³/mol. The molecule has 0 aromatic heterocycles. The lowest BCUT2D eigenvalue weighted by Crippen LogP contribution is -2.57. The second-order valence-electron chi connectivity index (χ2n) is 12.7. The van der Waals surface area contributed by atoms with E-state index in [0.717, 1.165) is 103 Å². The lowest BCUT2D eigenvalue weighted by atomic mass is 9.72. The first-order valence-electron chi connectivity index (χ1n) is 19.1. The van der Waals surface area contributed by atoms with E-state index < -0.39 is 35.2 Å². The van der Waals surface area contributed by atoms with Crippen molar-refractivity contribution in [2.75, 3.05) is 26.4 Å². The molecule has 0 bridgehead atoms. The molecule has 0 aliphatic rings. The molecule has 1 unspecified atom stereocenters. The van der Waals surface area contributed by atoms with Crippen molar-refractivity contribution in [3.8, 4) is 0 Å². The molecule has 0 N–H and O–H groups in total. The zero-order valence-electron chi connectivity index (χ0n) is 30.4. The number of hydrogen-bond donors (Lipinski definition) is 0. The Kier molecular flexibility index (Phi) is 28.8. The molecule has 0 aromatic carbocycles. The Hall–Kier alpha value is -2.12. The zero-order chi connectivity index (χ0) is 34.3. The Morgan fingerprint density at radius 1 is 0.391 bits per heavy atom. The smallest absolute Gasteiger partial charge is 0.336 e. The number of carbonyl (C=O) groups is 4. The lowest BCUT2D eigenvalue weighted by molar-refractivity contribution is -0.195. The van der Waals surface area contributed by atoms with Crippen molar-refractivity contribution in [2.45, 2.75) is 182 Å². The first kappa shape index (κ1) is 43.9. The van der Waals surface area contributed by atoms with E-state index in [2.05, 4.69) is 27.7 Å². The van der Waals surface area contributed by atoms with Gasteiger partial charge in [-0.15, -0.1) is 0 Å². The maximum atomic E-state index is 14.1.